The van der Waals surface area contributed by atoms with Crippen molar-refractivity contribution in [1.29, 1.82) is 0 Å². The summed E-state index contributed by atoms with van der Waals surface area (Å²) in [6, 6.07) is 9.89. The Bertz CT molecular complexity index is 765. The van der Waals surface area contributed by atoms with Crippen LogP contribution in [0.4, 0.5) is 5.82 Å². The lowest BCUT2D eigenvalue weighted by molar-refractivity contribution is 0.00575. The summed E-state index contributed by atoms with van der Waals surface area (Å²) >= 11 is 0. The van der Waals surface area contributed by atoms with Crippen molar-refractivity contribution in [3.63, 3.8) is 0 Å². The second-order valence-electron chi connectivity index (χ2n) is 6.58. The second-order valence-corrected chi connectivity index (χ2v) is 6.58. The standard InChI is InChI=1S/C19H22N4O2/c1-3-25-17-6-4-14(5-7-17)19(24)23-15-10-16(23)12-22(11-15)18-8-9-20-13(2)21-18/h4-9,15-16H,3,10-12H2,1-2H3. The predicted octanol–water partition coefficient (Wildman–Crippen LogP) is 2.29. The fourth-order valence-electron chi connectivity index (χ4n) is 3.76. The summed E-state index contributed by atoms with van der Waals surface area (Å²) in [5, 5.41) is 0. The second kappa shape index (κ2) is 6.35. The van der Waals surface area contributed by atoms with Crippen LogP contribution in [0.15, 0.2) is 36.5 Å². The molecule has 1 aromatic carbocycles. The molecule has 4 heterocycles. The molecule has 25 heavy (non-hydrogen) atoms. The first-order valence-corrected chi connectivity index (χ1v) is 8.76. The fourth-order valence-corrected chi connectivity index (χ4v) is 3.76. The first-order chi connectivity index (χ1) is 12.2. The van der Waals surface area contributed by atoms with Crippen molar-refractivity contribution in [2.45, 2.75) is 32.4 Å². The number of benzene rings is 1. The van der Waals surface area contributed by atoms with Crippen molar-refractivity contribution in [3.8, 4) is 5.75 Å². The first kappa shape index (κ1) is 15.9. The van der Waals surface area contributed by atoms with Gasteiger partial charge < -0.3 is 14.5 Å². The van der Waals surface area contributed by atoms with Crippen LogP contribution in [0.25, 0.3) is 0 Å². The van der Waals surface area contributed by atoms with Gasteiger partial charge in [-0.1, -0.05) is 0 Å². The maximum Gasteiger partial charge on any atom is 0.254 e. The van der Waals surface area contributed by atoms with Gasteiger partial charge in [0.2, 0.25) is 0 Å². The van der Waals surface area contributed by atoms with Crippen LogP contribution in [0.1, 0.15) is 29.5 Å². The number of carbonyl (C=O) groups is 1. The Hall–Kier alpha value is -2.63. The molecule has 5 rings (SSSR count). The van der Waals surface area contributed by atoms with Gasteiger partial charge in [0.25, 0.3) is 5.91 Å². The Balaban J connectivity index is 1.45. The number of piperazine rings is 1. The summed E-state index contributed by atoms with van der Waals surface area (Å²) in [5.74, 6) is 2.64. The van der Waals surface area contributed by atoms with Gasteiger partial charge in [0, 0.05) is 24.8 Å². The van der Waals surface area contributed by atoms with Crippen LogP contribution in [0.5, 0.6) is 5.75 Å². The molecule has 0 saturated carbocycles. The van der Waals surface area contributed by atoms with Crippen LogP contribution < -0.4 is 9.64 Å². The lowest BCUT2D eigenvalue weighted by atomic mass is 9.86. The van der Waals surface area contributed by atoms with Gasteiger partial charge in [-0.05, 0) is 50.6 Å². The number of hydrogen-bond acceptors (Lipinski definition) is 5. The zero-order valence-corrected chi connectivity index (χ0v) is 14.6. The van der Waals surface area contributed by atoms with Crippen molar-refractivity contribution in [1.82, 2.24) is 14.9 Å². The minimum atomic E-state index is 0.114. The average molecular weight is 338 g/mol. The number of ether oxygens (including phenoxy) is 1. The predicted molar refractivity (Wildman–Crippen MR) is 95.0 cm³/mol. The van der Waals surface area contributed by atoms with E-state index in [9.17, 15) is 4.79 Å². The van der Waals surface area contributed by atoms with Crippen molar-refractivity contribution in [2.24, 2.45) is 0 Å². The average Bonchev–Trinajstić information content (AvgIpc) is 2.62. The zero-order valence-electron chi connectivity index (χ0n) is 14.6. The molecule has 0 radical (unpaired) electrons. The third-order valence-corrected chi connectivity index (χ3v) is 4.93. The molecule has 1 aromatic heterocycles. The van der Waals surface area contributed by atoms with Gasteiger partial charge in [-0.3, -0.25) is 4.79 Å². The Morgan fingerprint density at radius 2 is 1.92 bits per heavy atom. The molecule has 3 aliphatic rings. The summed E-state index contributed by atoms with van der Waals surface area (Å²) in [6.07, 6.45) is 2.87. The highest BCUT2D eigenvalue weighted by Gasteiger charge is 2.47. The first-order valence-electron chi connectivity index (χ1n) is 8.76. The van der Waals surface area contributed by atoms with E-state index in [1.165, 1.54) is 0 Å². The normalized spacial score (nSPS) is 21.7. The largest absolute Gasteiger partial charge is 0.494 e. The fraction of sp³-hybridized carbons (Fsp3) is 0.421. The molecule has 6 heteroatoms. The molecule has 2 aromatic rings. The van der Waals surface area contributed by atoms with Gasteiger partial charge in [-0.2, -0.15) is 0 Å². The maximum absolute atomic E-state index is 12.8. The quantitative estimate of drug-likeness (QED) is 0.856. The number of nitrogens with zero attached hydrogens (tertiary/aromatic N) is 4. The Labute approximate surface area is 147 Å². The highest BCUT2D eigenvalue weighted by atomic mass is 16.5. The number of hydrogen-bond donors (Lipinski definition) is 0. The molecule has 0 aliphatic carbocycles. The maximum atomic E-state index is 12.8. The van der Waals surface area contributed by atoms with E-state index in [2.05, 4.69) is 14.9 Å². The third-order valence-electron chi connectivity index (χ3n) is 4.93. The van der Waals surface area contributed by atoms with Gasteiger partial charge in [0.05, 0.1) is 18.7 Å². The smallest absolute Gasteiger partial charge is 0.254 e. The highest BCUT2D eigenvalue weighted by molar-refractivity contribution is 5.95. The van der Waals surface area contributed by atoms with Crippen LogP contribution in [-0.2, 0) is 0 Å². The van der Waals surface area contributed by atoms with Crippen molar-refractivity contribution >= 4 is 11.7 Å². The van der Waals surface area contributed by atoms with Gasteiger partial charge >= 0.3 is 0 Å². The summed E-state index contributed by atoms with van der Waals surface area (Å²) in [6.45, 7) is 6.13. The molecular weight excluding hydrogens is 316 g/mol. The number of carbonyl (C=O) groups excluding carboxylic acids is 1. The van der Waals surface area contributed by atoms with E-state index in [1.807, 2.05) is 49.1 Å². The Morgan fingerprint density at radius 1 is 1.20 bits per heavy atom. The number of anilines is 1. The summed E-state index contributed by atoms with van der Waals surface area (Å²) < 4.78 is 5.45. The zero-order chi connectivity index (χ0) is 17.4. The van der Waals surface area contributed by atoms with Crippen LogP contribution in [0.3, 0.4) is 0 Å². The molecule has 1 amide bonds. The number of piperidine rings is 1. The lowest BCUT2D eigenvalue weighted by Gasteiger charge is -2.56. The Kier molecular flexibility index (Phi) is 4.03. The van der Waals surface area contributed by atoms with Gasteiger partial charge in [0.15, 0.2) is 0 Å². The topological polar surface area (TPSA) is 58.6 Å². The number of rotatable bonds is 4. The molecule has 3 fully saturated rings. The van der Waals surface area contributed by atoms with Gasteiger partial charge in [0.1, 0.15) is 17.4 Å². The van der Waals surface area contributed by atoms with E-state index >= 15 is 0 Å². The molecule has 2 atom stereocenters. The van der Waals surface area contributed by atoms with E-state index in [0.717, 1.165) is 42.5 Å². The van der Waals surface area contributed by atoms with Crippen LogP contribution in [-0.4, -0.2) is 52.6 Å². The summed E-state index contributed by atoms with van der Waals surface area (Å²) in [5.41, 5.74) is 0.726. The molecule has 2 unspecified atom stereocenters. The third kappa shape index (κ3) is 2.92. The molecule has 6 nitrogen and oxygen atoms in total. The molecule has 3 saturated heterocycles. The monoisotopic (exact) mass is 338 g/mol. The van der Waals surface area contributed by atoms with Crippen LogP contribution >= 0.6 is 0 Å². The lowest BCUT2D eigenvalue weighted by Crippen LogP contribution is -2.70. The van der Waals surface area contributed by atoms with E-state index in [-0.39, 0.29) is 18.0 Å². The summed E-state index contributed by atoms with van der Waals surface area (Å²) in [7, 11) is 0. The van der Waals surface area contributed by atoms with Crippen molar-refractivity contribution in [3.05, 3.63) is 47.9 Å². The molecule has 2 bridgehead atoms. The molecule has 0 N–H and O–H groups in total. The highest BCUT2D eigenvalue weighted by Crippen LogP contribution is 2.35. The molecular formula is C19H22N4O2. The Morgan fingerprint density at radius 3 is 2.56 bits per heavy atom. The van der Waals surface area contributed by atoms with E-state index < -0.39 is 0 Å². The molecule has 130 valence electrons. The summed E-state index contributed by atoms with van der Waals surface area (Å²) in [4.78, 5) is 25.8. The molecule has 3 aliphatic heterocycles. The van der Waals surface area contributed by atoms with Crippen LogP contribution in [0, 0.1) is 6.92 Å². The minimum Gasteiger partial charge on any atom is -0.494 e. The number of aromatic nitrogens is 2. The van der Waals surface area contributed by atoms with E-state index in [1.54, 1.807) is 6.20 Å². The van der Waals surface area contributed by atoms with Gasteiger partial charge in [-0.15, -0.1) is 0 Å². The number of fused-ring (bicyclic) bond motifs is 2. The molecule has 0 spiro atoms. The SMILES string of the molecule is CCOc1ccc(C(=O)N2C3CC2CN(c2ccnc(C)n2)C3)cc1. The minimum absolute atomic E-state index is 0.114. The van der Waals surface area contributed by atoms with Gasteiger partial charge in [-0.25, -0.2) is 9.97 Å². The van der Waals surface area contributed by atoms with E-state index in [4.69, 9.17) is 4.74 Å². The van der Waals surface area contributed by atoms with Crippen molar-refractivity contribution in [2.75, 3.05) is 24.6 Å². The van der Waals surface area contributed by atoms with E-state index in [0.29, 0.717) is 6.61 Å². The van der Waals surface area contributed by atoms with Crippen LogP contribution in [0.2, 0.25) is 0 Å². The number of aryl methyl sites for hydroxylation is 1. The number of amides is 1. The van der Waals surface area contributed by atoms with Crippen molar-refractivity contribution < 1.29 is 9.53 Å².